The minimum Gasteiger partial charge on any atom is -0.480 e. The third kappa shape index (κ3) is 9.49. The van der Waals surface area contributed by atoms with Gasteiger partial charge >= 0.3 is 17.8 Å². The van der Waals surface area contributed by atoms with Gasteiger partial charge in [0.2, 0.25) is 11.4 Å². The number of pyridine rings is 1. The number of nitrogens with zero attached hydrogens (tertiary/aromatic N) is 1. The monoisotopic (exact) mass is 674 g/mol. The van der Waals surface area contributed by atoms with Crippen molar-refractivity contribution in [3.05, 3.63) is 71.8 Å². The zero-order chi connectivity index (χ0) is 33.1. The molecule has 240 valence electrons. The van der Waals surface area contributed by atoms with Gasteiger partial charge in [-0.25, -0.2) is 9.59 Å². The number of para-hydroxylation sites is 1. The van der Waals surface area contributed by atoms with Crippen LogP contribution in [0.1, 0.15) is 47.4 Å². The van der Waals surface area contributed by atoms with E-state index >= 15 is 0 Å². The lowest BCUT2D eigenvalue weighted by molar-refractivity contribution is -0.653. The standard InChI is InChI=1S/C31H36N3O8PS2/c1-19(2)17-23(28(36)32-24(29(37)38)15-16-44-4)31(40,43-41)18-45-26-14-13-20-7-5-6-8-25(20)34(26)33-27(35)21-9-11-22(12-10-21)30(39)42-3/h5-14,19,23-24,40H,15-18H2,1-4H3,(H2-,32,33,35,36,37,38)/p+1/t23?,24-,31?/m0/s1. The van der Waals surface area contributed by atoms with E-state index < -0.39 is 49.5 Å². The average molecular weight is 675 g/mol. The molecule has 2 amide bonds. The van der Waals surface area contributed by atoms with E-state index in [1.807, 2.05) is 38.3 Å². The normalized spacial score (nSPS) is 14.0. The average Bonchev–Trinajstić information content (AvgIpc) is 3.04. The maximum atomic E-state index is 13.4. The number of esters is 1. The number of benzene rings is 2. The van der Waals surface area contributed by atoms with Gasteiger partial charge in [0.25, 0.3) is 5.03 Å². The van der Waals surface area contributed by atoms with E-state index in [4.69, 9.17) is 4.74 Å². The van der Waals surface area contributed by atoms with Gasteiger partial charge in [-0.1, -0.05) is 42.4 Å². The van der Waals surface area contributed by atoms with Crippen LogP contribution in [0.25, 0.3) is 10.9 Å². The number of aliphatic carboxylic acids is 1. The van der Waals surface area contributed by atoms with Crippen LogP contribution in [0.3, 0.4) is 0 Å². The van der Waals surface area contributed by atoms with Crippen LogP contribution >= 0.6 is 32.0 Å². The lowest BCUT2D eigenvalue weighted by atomic mass is 9.91. The van der Waals surface area contributed by atoms with Crippen LogP contribution in [0.15, 0.2) is 65.7 Å². The van der Waals surface area contributed by atoms with Crippen LogP contribution in [0.5, 0.6) is 0 Å². The minimum absolute atomic E-state index is 0.0797. The lowest BCUT2D eigenvalue weighted by Crippen LogP contribution is -2.52. The zero-order valence-electron chi connectivity index (χ0n) is 25.4. The van der Waals surface area contributed by atoms with Gasteiger partial charge in [-0.3, -0.25) is 14.2 Å². The fourth-order valence-electron chi connectivity index (χ4n) is 4.57. The van der Waals surface area contributed by atoms with Crippen molar-refractivity contribution in [1.29, 1.82) is 0 Å². The number of aliphatic hydroxyl groups is 1. The number of thioether (sulfide) groups is 2. The van der Waals surface area contributed by atoms with Gasteiger partial charge in [-0.2, -0.15) is 11.8 Å². The van der Waals surface area contributed by atoms with Crippen molar-refractivity contribution >= 4 is 66.6 Å². The molecule has 0 radical (unpaired) electrons. The van der Waals surface area contributed by atoms with Gasteiger partial charge in [0.05, 0.1) is 18.6 Å². The number of aromatic nitrogens is 1. The van der Waals surface area contributed by atoms with Gasteiger partial charge in [0, 0.05) is 28.8 Å². The molecule has 4 N–H and O–H groups in total. The second kappa shape index (κ2) is 16.7. The topological polar surface area (TPSA) is 163 Å². The number of carbonyl (C=O) groups is 4. The fraction of sp³-hybridized carbons (Fsp3) is 0.387. The van der Waals surface area contributed by atoms with Crippen molar-refractivity contribution in [3.63, 3.8) is 0 Å². The van der Waals surface area contributed by atoms with Crippen molar-refractivity contribution in [2.45, 2.75) is 43.1 Å². The molecule has 1 heterocycles. The summed E-state index contributed by atoms with van der Waals surface area (Å²) < 4.78 is 18.8. The first-order chi connectivity index (χ1) is 21.4. The molecule has 3 atom stereocenters. The number of hydrogen-bond acceptors (Lipinski definition) is 9. The van der Waals surface area contributed by atoms with Gasteiger partial charge < -0.3 is 20.3 Å². The minimum atomic E-state index is -2.06. The number of rotatable bonds is 16. The summed E-state index contributed by atoms with van der Waals surface area (Å²) in [5.41, 5.74) is 4.06. The van der Waals surface area contributed by atoms with E-state index in [-0.39, 0.29) is 35.6 Å². The van der Waals surface area contributed by atoms with Gasteiger partial charge in [0.1, 0.15) is 6.04 Å². The lowest BCUT2D eigenvalue weighted by Gasteiger charge is -2.31. The van der Waals surface area contributed by atoms with Crippen molar-refractivity contribution in [3.8, 4) is 0 Å². The Hall–Kier alpha value is -3.51. The van der Waals surface area contributed by atoms with E-state index in [9.17, 15) is 34.0 Å². The van der Waals surface area contributed by atoms with E-state index in [1.54, 1.807) is 22.9 Å². The fourth-order valence-corrected chi connectivity index (χ4v) is 6.79. The summed E-state index contributed by atoms with van der Waals surface area (Å²) in [6, 6.07) is 15.7. The highest BCUT2D eigenvalue weighted by Gasteiger charge is 2.44. The van der Waals surface area contributed by atoms with E-state index in [1.165, 1.54) is 43.1 Å². The van der Waals surface area contributed by atoms with E-state index in [0.29, 0.717) is 16.3 Å². The second-order valence-electron chi connectivity index (χ2n) is 10.7. The summed E-state index contributed by atoms with van der Waals surface area (Å²) in [6.07, 6.45) is 2.18. The summed E-state index contributed by atoms with van der Waals surface area (Å²) >= 11 is 2.53. The number of nitrogens with one attached hydrogen (secondary N) is 2. The highest BCUT2D eigenvalue weighted by atomic mass is 32.2. The predicted molar refractivity (Wildman–Crippen MR) is 174 cm³/mol. The number of amides is 2. The number of carbonyl (C=O) groups excluding carboxylic acids is 3. The van der Waals surface area contributed by atoms with Crippen molar-refractivity contribution in [1.82, 2.24) is 5.32 Å². The van der Waals surface area contributed by atoms with Crippen LogP contribution in [0, 0.1) is 11.8 Å². The third-order valence-corrected chi connectivity index (χ3v) is 9.83. The highest BCUT2D eigenvalue weighted by Crippen LogP contribution is 2.38. The molecule has 2 aromatic carbocycles. The summed E-state index contributed by atoms with van der Waals surface area (Å²) in [6.45, 7) is 3.70. The Morgan fingerprint density at radius 2 is 1.69 bits per heavy atom. The molecule has 0 aliphatic heterocycles. The number of carboxylic acids is 1. The molecule has 14 heteroatoms. The molecule has 2 unspecified atom stereocenters. The van der Waals surface area contributed by atoms with E-state index in [0.717, 1.165) is 17.1 Å². The molecule has 0 saturated carbocycles. The molecule has 0 spiro atoms. The maximum Gasteiger partial charge on any atom is 0.337 e. The number of fused-ring (bicyclic) bond motifs is 1. The second-order valence-corrected chi connectivity index (χ2v) is 13.6. The largest absolute Gasteiger partial charge is 0.480 e. The van der Waals surface area contributed by atoms with Crippen LogP contribution in [0.2, 0.25) is 0 Å². The molecule has 3 rings (SSSR count). The first-order valence-corrected chi connectivity index (χ1v) is 17.3. The Morgan fingerprint density at radius 1 is 1.02 bits per heavy atom. The van der Waals surface area contributed by atoms with Crippen molar-refractivity contribution in [2.75, 3.05) is 30.3 Å². The predicted octanol–water partition coefficient (Wildman–Crippen LogP) is 4.36. The Labute approximate surface area is 271 Å². The Balaban J connectivity index is 1.92. The molecule has 3 aromatic rings. The first-order valence-electron chi connectivity index (χ1n) is 14.1. The summed E-state index contributed by atoms with van der Waals surface area (Å²) in [4.78, 5) is 50.3. The molecular weight excluding hydrogens is 637 g/mol. The quantitative estimate of drug-likeness (QED) is 0.0744. The smallest absolute Gasteiger partial charge is 0.337 e. The van der Waals surface area contributed by atoms with Crippen LogP contribution in [0.4, 0.5) is 0 Å². The van der Waals surface area contributed by atoms with Gasteiger partial charge in [-0.05, 0) is 67.2 Å². The number of carboxylic acid groups (broad SMARTS) is 1. The first kappa shape index (κ1) is 36.0. The molecule has 0 bridgehead atoms. The summed E-state index contributed by atoms with van der Waals surface area (Å²) in [5.74, 6) is -3.86. The molecule has 45 heavy (non-hydrogen) atoms. The maximum absolute atomic E-state index is 13.4. The highest BCUT2D eigenvalue weighted by molar-refractivity contribution is 7.99. The molecule has 0 aliphatic carbocycles. The number of hydrogen-bond donors (Lipinski definition) is 4. The SMILES string of the molecule is COC(=O)c1ccc(C(=O)N[n+]2c(SCC(O)(P=O)C(CC(C)C)C(=O)N[C@@H](CCSC)C(=O)O)ccc3ccccc32)cc1. The molecule has 0 saturated heterocycles. The number of ether oxygens (including phenoxy) is 1. The molecular formula is C31H37N3O8PS2+. The number of methoxy groups -OCH3 is 1. The van der Waals surface area contributed by atoms with Crippen LogP contribution in [-0.2, 0) is 18.9 Å². The van der Waals surface area contributed by atoms with Crippen LogP contribution in [-0.4, -0.2) is 70.2 Å². The third-order valence-electron chi connectivity index (χ3n) is 6.98. The summed E-state index contributed by atoms with van der Waals surface area (Å²) in [7, 11) is 0.563. The Bertz CT molecular complexity index is 1540. The zero-order valence-corrected chi connectivity index (χ0v) is 27.9. The van der Waals surface area contributed by atoms with Crippen molar-refractivity contribution < 1.29 is 43.4 Å². The van der Waals surface area contributed by atoms with Gasteiger partial charge in [-0.15, -0.1) is 5.43 Å². The molecule has 0 fully saturated rings. The Kier molecular flexibility index (Phi) is 13.3. The summed E-state index contributed by atoms with van der Waals surface area (Å²) in [5, 5.41) is 23.0. The van der Waals surface area contributed by atoms with Crippen molar-refractivity contribution in [2.24, 2.45) is 11.8 Å². The molecule has 11 nitrogen and oxygen atoms in total. The van der Waals surface area contributed by atoms with Gasteiger partial charge in [0.15, 0.2) is 13.8 Å². The van der Waals surface area contributed by atoms with Crippen LogP contribution < -0.4 is 15.4 Å². The molecule has 0 aliphatic rings. The molecule has 1 aromatic heterocycles. The Morgan fingerprint density at radius 3 is 2.29 bits per heavy atom. The van der Waals surface area contributed by atoms with E-state index in [2.05, 4.69) is 10.7 Å².